The second-order valence-corrected chi connectivity index (χ2v) is 4.76. The third-order valence-corrected chi connectivity index (χ3v) is 3.30. The Bertz CT molecular complexity index is 607. The number of carboxylic acids is 1. The summed E-state index contributed by atoms with van der Waals surface area (Å²) in [6, 6.07) is 5.81. The summed E-state index contributed by atoms with van der Waals surface area (Å²) in [7, 11) is 0. The monoisotopic (exact) mass is 309 g/mol. The average molecular weight is 310 g/mol. The Balaban J connectivity index is 2.64. The van der Waals surface area contributed by atoms with E-state index in [-0.39, 0.29) is 5.69 Å². The highest BCUT2D eigenvalue weighted by Crippen LogP contribution is 2.24. The number of aryl methyl sites for hydroxylation is 1. The molecular formula is C12H12BrN3O2. The molecule has 1 heterocycles. The minimum absolute atomic E-state index is 0.00547. The summed E-state index contributed by atoms with van der Waals surface area (Å²) >= 11 is 3.44. The van der Waals surface area contributed by atoms with Gasteiger partial charge in [-0.1, -0.05) is 18.2 Å². The molecule has 1 N–H and O–H groups in total. The molecule has 6 heteroatoms. The van der Waals surface area contributed by atoms with E-state index < -0.39 is 5.97 Å². The molecule has 1 aromatic carbocycles. The van der Waals surface area contributed by atoms with E-state index in [1.54, 1.807) is 4.68 Å². The summed E-state index contributed by atoms with van der Waals surface area (Å²) in [5.74, 6) is -1.05. The molecule has 18 heavy (non-hydrogen) atoms. The molecule has 0 amide bonds. The van der Waals surface area contributed by atoms with Crippen molar-refractivity contribution in [1.82, 2.24) is 15.0 Å². The Morgan fingerprint density at radius 1 is 1.50 bits per heavy atom. The zero-order valence-electron chi connectivity index (χ0n) is 10.0. The molecule has 0 aliphatic heterocycles. The number of rotatable bonds is 3. The van der Waals surface area contributed by atoms with Gasteiger partial charge in [-0.3, -0.25) is 0 Å². The maximum absolute atomic E-state index is 11.0. The lowest BCUT2D eigenvalue weighted by Crippen LogP contribution is -2.06. The Kier molecular flexibility index (Phi) is 3.47. The van der Waals surface area contributed by atoms with E-state index in [1.807, 2.05) is 32.0 Å². The van der Waals surface area contributed by atoms with Crippen molar-refractivity contribution in [2.75, 3.05) is 0 Å². The summed E-state index contributed by atoms with van der Waals surface area (Å²) in [6.07, 6.45) is 0.551. The van der Waals surface area contributed by atoms with E-state index in [9.17, 15) is 4.79 Å². The van der Waals surface area contributed by atoms with Crippen molar-refractivity contribution in [2.45, 2.75) is 20.3 Å². The van der Waals surface area contributed by atoms with E-state index >= 15 is 0 Å². The topological polar surface area (TPSA) is 68.0 Å². The Morgan fingerprint density at radius 3 is 2.83 bits per heavy atom. The van der Waals surface area contributed by atoms with Gasteiger partial charge >= 0.3 is 5.97 Å². The molecule has 2 rings (SSSR count). The molecular weight excluding hydrogens is 298 g/mol. The first-order chi connectivity index (χ1) is 8.54. The molecule has 0 atom stereocenters. The van der Waals surface area contributed by atoms with Crippen molar-refractivity contribution >= 4 is 21.9 Å². The molecule has 0 aliphatic rings. The van der Waals surface area contributed by atoms with Gasteiger partial charge in [0, 0.05) is 4.47 Å². The van der Waals surface area contributed by atoms with Gasteiger partial charge in [-0.25, -0.2) is 9.48 Å². The Labute approximate surface area is 113 Å². The van der Waals surface area contributed by atoms with Crippen molar-refractivity contribution in [1.29, 1.82) is 0 Å². The SMILES string of the molecule is CCc1c(C(=O)O)nnn1-c1cc(C)ccc1Br. The lowest BCUT2D eigenvalue weighted by atomic mass is 10.2. The molecule has 0 spiro atoms. The first-order valence-corrected chi connectivity index (χ1v) is 6.28. The number of hydrogen-bond acceptors (Lipinski definition) is 3. The summed E-state index contributed by atoms with van der Waals surface area (Å²) < 4.78 is 2.42. The zero-order chi connectivity index (χ0) is 13.3. The fourth-order valence-electron chi connectivity index (χ4n) is 1.76. The number of carbonyl (C=O) groups is 1. The molecule has 0 aliphatic carbocycles. The van der Waals surface area contributed by atoms with Gasteiger partial charge in [-0.15, -0.1) is 5.10 Å². The van der Waals surface area contributed by atoms with Crippen LogP contribution in [-0.2, 0) is 6.42 Å². The molecule has 0 radical (unpaired) electrons. The van der Waals surface area contributed by atoms with E-state index in [0.29, 0.717) is 12.1 Å². The number of benzene rings is 1. The maximum atomic E-state index is 11.0. The Morgan fingerprint density at radius 2 is 2.22 bits per heavy atom. The van der Waals surface area contributed by atoms with Crippen LogP contribution < -0.4 is 0 Å². The third-order valence-electron chi connectivity index (χ3n) is 2.63. The van der Waals surface area contributed by atoms with E-state index in [0.717, 1.165) is 15.7 Å². The van der Waals surface area contributed by atoms with Crippen LogP contribution in [0.25, 0.3) is 5.69 Å². The molecule has 0 saturated carbocycles. The molecule has 0 fully saturated rings. The van der Waals surface area contributed by atoms with Gasteiger partial charge in [0.05, 0.1) is 11.4 Å². The van der Waals surface area contributed by atoms with Crippen LogP contribution in [0.1, 0.15) is 28.7 Å². The van der Waals surface area contributed by atoms with Crippen molar-refractivity contribution in [2.24, 2.45) is 0 Å². The van der Waals surface area contributed by atoms with Gasteiger partial charge in [0.2, 0.25) is 0 Å². The third kappa shape index (κ3) is 2.15. The number of carboxylic acid groups (broad SMARTS) is 1. The molecule has 2 aromatic rings. The van der Waals surface area contributed by atoms with Crippen LogP contribution in [-0.4, -0.2) is 26.1 Å². The standard InChI is InChI=1S/C12H12BrN3O2/c1-3-9-11(12(17)18)14-15-16(9)10-6-7(2)4-5-8(10)13/h4-6H,3H2,1-2H3,(H,17,18). The van der Waals surface area contributed by atoms with Gasteiger partial charge in [0.25, 0.3) is 0 Å². The molecule has 5 nitrogen and oxygen atoms in total. The van der Waals surface area contributed by atoms with Crippen molar-refractivity contribution in [3.05, 3.63) is 39.6 Å². The summed E-state index contributed by atoms with van der Waals surface area (Å²) in [4.78, 5) is 11.0. The van der Waals surface area contributed by atoms with Crippen LogP contribution in [0, 0.1) is 6.92 Å². The average Bonchev–Trinajstić information content (AvgIpc) is 2.75. The number of hydrogen-bond donors (Lipinski definition) is 1. The first kappa shape index (κ1) is 12.8. The summed E-state index contributed by atoms with van der Waals surface area (Å²) in [6.45, 7) is 3.85. The maximum Gasteiger partial charge on any atom is 0.358 e. The van der Waals surface area contributed by atoms with Gasteiger partial charge in [0.15, 0.2) is 5.69 Å². The molecule has 1 aromatic heterocycles. The van der Waals surface area contributed by atoms with Crippen LogP contribution in [0.3, 0.4) is 0 Å². The minimum Gasteiger partial charge on any atom is -0.476 e. The smallest absolute Gasteiger partial charge is 0.358 e. The number of aromatic carboxylic acids is 1. The lowest BCUT2D eigenvalue weighted by Gasteiger charge is -2.08. The normalized spacial score (nSPS) is 10.6. The highest BCUT2D eigenvalue weighted by atomic mass is 79.9. The molecule has 0 bridgehead atoms. The van der Waals surface area contributed by atoms with Crippen molar-refractivity contribution in [3.63, 3.8) is 0 Å². The van der Waals surface area contributed by atoms with Crippen LogP contribution in [0.4, 0.5) is 0 Å². The van der Waals surface area contributed by atoms with Gasteiger partial charge in [-0.2, -0.15) is 0 Å². The number of aromatic nitrogens is 3. The van der Waals surface area contributed by atoms with Gasteiger partial charge in [-0.05, 0) is 47.0 Å². The fraction of sp³-hybridized carbons (Fsp3) is 0.250. The van der Waals surface area contributed by atoms with Crippen molar-refractivity contribution < 1.29 is 9.90 Å². The number of nitrogens with zero attached hydrogens (tertiary/aromatic N) is 3. The highest BCUT2D eigenvalue weighted by molar-refractivity contribution is 9.10. The molecule has 0 unspecified atom stereocenters. The van der Waals surface area contributed by atoms with Crippen LogP contribution in [0.2, 0.25) is 0 Å². The Hall–Kier alpha value is -1.69. The second-order valence-electron chi connectivity index (χ2n) is 3.91. The van der Waals surface area contributed by atoms with Gasteiger partial charge < -0.3 is 5.11 Å². The summed E-state index contributed by atoms with van der Waals surface area (Å²) in [5, 5.41) is 16.7. The second kappa shape index (κ2) is 4.89. The predicted molar refractivity (Wildman–Crippen MR) is 70.1 cm³/mol. The van der Waals surface area contributed by atoms with E-state index in [1.165, 1.54) is 0 Å². The highest BCUT2D eigenvalue weighted by Gasteiger charge is 2.19. The first-order valence-electron chi connectivity index (χ1n) is 5.49. The van der Waals surface area contributed by atoms with Crippen LogP contribution >= 0.6 is 15.9 Å². The van der Waals surface area contributed by atoms with Crippen LogP contribution in [0.5, 0.6) is 0 Å². The van der Waals surface area contributed by atoms with Gasteiger partial charge in [0.1, 0.15) is 0 Å². The zero-order valence-corrected chi connectivity index (χ0v) is 11.6. The lowest BCUT2D eigenvalue weighted by molar-refractivity contribution is 0.0689. The van der Waals surface area contributed by atoms with E-state index in [4.69, 9.17) is 5.11 Å². The quantitative estimate of drug-likeness (QED) is 0.946. The van der Waals surface area contributed by atoms with Crippen molar-refractivity contribution in [3.8, 4) is 5.69 Å². The predicted octanol–water partition coefficient (Wildman–Crippen LogP) is 2.60. The number of halogens is 1. The molecule has 0 saturated heterocycles. The molecule has 94 valence electrons. The summed E-state index contributed by atoms with van der Waals surface area (Å²) in [5.41, 5.74) is 2.47. The van der Waals surface area contributed by atoms with E-state index in [2.05, 4.69) is 26.2 Å². The largest absolute Gasteiger partial charge is 0.476 e. The van der Waals surface area contributed by atoms with Crippen LogP contribution in [0.15, 0.2) is 22.7 Å². The fourth-order valence-corrected chi connectivity index (χ4v) is 2.18. The minimum atomic E-state index is -1.05.